The maximum absolute atomic E-state index is 5.71. The molecule has 0 radical (unpaired) electrons. The zero-order valence-corrected chi connectivity index (χ0v) is 15.0. The van der Waals surface area contributed by atoms with Crippen molar-refractivity contribution in [3.63, 3.8) is 0 Å². The van der Waals surface area contributed by atoms with E-state index in [2.05, 4.69) is 31.1 Å². The van der Waals surface area contributed by atoms with Gasteiger partial charge in [-0.25, -0.2) is 0 Å². The standard InChI is InChI=1S/C18H14BrN3OS/c19-12-6-8-13(9-7-12)22-17(15-5-3-11-23-15)16(21-18(22)24)14-4-1-2-10-20-14/h1-11,16-17H,(H,21,24)/t16-,17+/m1/s1. The van der Waals surface area contributed by atoms with Crippen LogP contribution in [0.15, 0.2) is 75.9 Å². The molecule has 1 fully saturated rings. The molecule has 4 nitrogen and oxygen atoms in total. The molecule has 0 unspecified atom stereocenters. The van der Waals surface area contributed by atoms with Gasteiger partial charge in [-0.1, -0.05) is 22.0 Å². The fraction of sp³-hybridized carbons (Fsp3) is 0.111. The van der Waals surface area contributed by atoms with Crippen LogP contribution in [0.4, 0.5) is 5.69 Å². The Morgan fingerprint density at radius 1 is 1.08 bits per heavy atom. The van der Waals surface area contributed by atoms with Gasteiger partial charge < -0.3 is 14.6 Å². The van der Waals surface area contributed by atoms with Crippen molar-refractivity contribution in [2.75, 3.05) is 4.90 Å². The molecule has 2 atom stereocenters. The van der Waals surface area contributed by atoms with Crippen LogP contribution in [0.3, 0.4) is 0 Å². The van der Waals surface area contributed by atoms with Crippen LogP contribution in [0.2, 0.25) is 0 Å². The number of aromatic nitrogens is 1. The van der Waals surface area contributed by atoms with E-state index in [-0.39, 0.29) is 12.1 Å². The Balaban J connectivity index is 1.80. The van der Waals surface area contributed by atoms with Gasteiger partial charge in [0.05, 0.1) is 18.0 Å². The molecule has 1 aliphatic rings. The van der Waals surface area contributed by atoms with E-state index >= 15 is 0 Å². The molecule has 24 heavy (non-hydrogen) atoms. The first-order valence-electron chi connectivity index (χ1n) is 7.53. The summed E-state index contributed by atoms with van der Waals surface area (Å²) in [6.07, 6.45) is 3.48. The van der Waals surface area contributed by atoms with Crippen molar-refractivity contribution >= 4 is 38.9 Å². The quantitative estimate of drug-likeness (QED) is 0.650. The summed E-state index contributed by atoms with van der Waals surface area (Å²) in [5.74, 6) is 0.848. The first-order valence-corrected chi connectivity index (χ1v) is 8.74. The molecule has 0 spiro atoms. The summed E-state index contributed by atoms with van der Waals surface area (Å²) < 4.78 is 6.74. The van der Waals surface area contributed by atoms with E-state index in [1.165, 1.54) is 0 Å². The van der Waals surface area contributed by atoms with Gasteiger partial charge in [0.2, 0.25) is 0 Å². The average molecular weight is 400 g/mol. The van der Waals surface area contributed by atoms with Gasteiger partial charge in [0.15, 0.2) is 5.11 Å². The Hall–Kier alpha value is -2.18. The zero-order valence-electron chi connectivity index (χ0n) is 12.6. The van der Waals surface area contributed by atoms with Gasteiger partial charge >= 0.3 is 0 Å². The summed E-state index contributed by atoms with van der Waals surface area (Å²) in [6.45, 7) is 0. The molecule has 2 aromatic heterocycles. The molecule has 3 aromatic rings. The summed E-state index contributed by atoms with van der Waals surface area (Å²) in [6, 6.07) is 17.7. The number of anilines is 1. The Labute approximate surface area is 153 Å². The highest BCUT2D eigenvalue weighted by Crippen LogP contribution is 2.41. The van der Waals surface area contributed by atoms with Gasteiger partial charge in [0.1, 0.15) is 11.8 Å². The summed E-state index contributed by atoms with van der Waals surface area (Å²) in [7, 11) is 0. The van der Waals surface area contributed by atoms with Crippen molar-refractivity contribution in [1.82, 2.24) is 10.3 Å². The molecule has 0 aliphatic carbocycles. The van der Waals surface area contributed by atoms with Crippen LogP contribution in [-0.4, -0.2) is 10.1 Å². The second-order valence-electron chi connectivity index (χ2n) is 5.49. The van der Waals surface area contributed by atoms with Crippen LogP contribution >= 0.6 is 28.1 Å². The van der Waals surface area contributed by atoms with Crippen molar-refractivity contribution < 1.29 is 4.42 Å². The minimum atomic E-state index is -0.0939. The van der Waals surface area contributed by atoms with Gasteiger partial charge in [-0.3, -0.25) is 4.98 Å². The smallest absolute Gasteiger partial charge is 0.174 e. The number of halogens is 1. The summed E-state index contributed by atoms with van der Waals surface area (Å²) in [4.78, 5) is 6.58. The van der Waals surface area contributed by atoms with E-state index in [9.17, 15) is 0 Å². The summed E-state index contributed by atoms with van der Waals surface area (Å²) in [5.41, 5.74) is 1.94. The van der Waals surface area contributed by atoms with Gasteiger partial charge in [0.25, 0.3) is 0 Å². The monoisotopic (exact) mass is 399 g/mol. The number of benzene rings is 1. The second-order valence-corrected chi connectivity index (χ2v) is 6.79. The summed E-state index contributed by atoms with van der Waals surface area (Å²) in [5, 5.41) is 4.06. The predicted molar refractivity (Wildman–Crippen MR) is 101 cm³/mol. The molecule has 0 saturated carbocycles. The molecule has 4 rings (SSSR count). The number of rotatable bonds is 3. The lowest BCUT2D eigenvalue weighted by Crippen LogP contribution is -2.29. The lowest BCUT2D eigenvalue weighted by molar-refractivity contribution is 0.432. The summed E-state index contributed by atoms with van der Waals surface area (Å²) >= 11 is 9.09. The van der Waals surface area contributed by atoms with Gasteiger partial charge in [-0.15, -0.1) is 0 Å². The number of nitrogens with zero attached hydrogens (tertiary/aromatic N) is 2. The molecule has 1 aliphatic heterocycles. The lowest BCUT2D eigenvalue weighted by Gasteiger charge is -2.26. The number of pyridine rings is 1. The minimum Gasteiger partial charge on any atom is -0.467 e. The zero-order chi connectivity index (χ0) is 16.5. The molecular weight excluding hydrogens is 386 g/mol. The fourth-order valence-corrected chi connectivity index (χ4v) is 3.59. The van der Waals surface area contributed by atoms with Crippen molar-refractivity contribution in [2.24, 2.45) is 0 Å². The van der Waals surface area contributed by atoms with E-state index in [4.69, 9.17) is 16.6 Å². The highest BCUT2D eigenvalue weighted by atomic mass is 79.9. The molecule has 3 heterocycles. The largest absolute Gasteiger partial charge is 0.467 e. The third kappa shape index (κ3) is 2.72. The Morgan fingerprint density at radius 3 is 2.58 bits per heavy atom. The van der Waals surface area contributed by atoms with E-state index in [0.717, 1.165) is 21.6 Å². The normalized spacial score (nSPS) is 20.2. The van der Waals surface area contributed by atoms with E-state index < -0.39 is 0 Å². The molecule has 1 saturated heterocycles. The van der Waals surface area contributed by atoms with Crippen molar-refractivity contribution in [3.05, 3.63) is 83.0 Å². The molecule has 0 bridgehead atoms. The van der Waals surface area contributed by atoms with Gasteiger partial charge in [0, 0.05) is 16.4 Å². The number of hydrogen-bond donors (Lipinski definition) is 1. The molecule has 0 amide bonds. The predicted octanol–water partition coefficient (Wildman–Crippen LogP) is 4.61. The van der Waals surface area contributed by atoms with E-state index in [1.54, 1.807) is 12.5 Å². The molecule has 120 valence electrons. The maximum atomic E-state index is 5.71. The van der Waals surface area contributed by atoms with Crippen LogP contribution in [-0.2, 0) is 0 Å². The lowest BCUT2D eigenvalue weighted by atomic mass is 10.0. The SMILES string of the molecule is S=C1N[C@H](c2ccccn2)[C@H](c2ccco2)N1c1ccc(Br)cc1. The average Bonchev–Trinajstić information content (AvgIpc) is 3.24. The highest BCUT2D eigenvalue weighted by Gasteiger charge is 2.42. The first-order chi connectivity index (χ1) is 11.7. The maximum Gasteiger partial charge on any atom is 0.174 e. The molecular formula is C18H14BrN3OS. The molecule has 1 aromatic carbocycles. The van der Waals surface area contributed by atoms with Crippen LogP contribution in [0.5, 0.6) is 0 Å². The van der Waals surface area contributed by atoms with Crippen LogP contribution in [0.25, 0.3) is 0 Å². The highest BCUT2D eigenvalue weighted by molar-refractivity contribution is 9.10. The Kier molecular flexibility index (Phi) is 4.08. The Bertz CT molecular complexity index is 836. The van der Waals surface area contributed by atoms with E-state index in [1.807, 2.05) is 54.6 Å². The fourth-order valence-electron chi connectivity index (χ4n) is 2.98. The van der Waals surface area contributed by atoms with Crippen LogP contribution in [0, 0.1) is 0 Å². The van der Waals surface area contributed by atoms with Gasteiger partial charge in [-0.2, -0.15) is 0 Å². The van der Waals surface area contributed by atoms with Crippen molar-refractivity contribution in [1.29, 1.82) is 0 Å². The topological polar surface area (TPSA) is 41.3 Å². The van der Waals surface area contributed by atoms with Gasteiger partial charge in [-0.05, 0) is 60.7 Å². The van der Waals surface area contributed by atoms with Crippen molar-refractivity contribution in [3.8, 4) is 0 Å². The number of nitrogens with one attached hydrogen (secondary N) is 1. The van der Waals surface area contributed by atoms with Crippen molar-refractivity contribution in [2.45, 2.75) is 12.1 Å². The van der Waals surface area contributed by atoms with Crippen LogP contribution < -0.4 is 10.2 Å². The molecule has 1 N–H and O–H groups in total. The molecule has 6 heteroatoms. The number of thiocarbonyl (C=S) groups is 1. The third-order valence-corrected chi connectivity index (χ3v) is 4.88. The number of furan rings is 1. The first kappa shape index (κ1) is 15.4. The second kappa shape index (κ2) is 6.37. The minimum absolute atomic E-state index is 0.0755. The van der Waals surface area contributed by atoms with Crippen LogP contribution in [0.1, 0.15) is 23.5 Å². The Morgan fingerprint density at radius 2 is 1.92 bits per heavy atom. The number of hydrogen-bond acceptors (Lipinski definition) is 3. The van der Waals surface area contributed by atoms with E-state index in [0.29, 0.717) is 5.11 Å². The third-order valence-electron chi connectivity index (χ3n) is 4.04.